The fourth-order valence-electron chi connectivity index (χ4n) is 3.32. The van der Waals surface area contributed by atoms with Crippen molar-refractivity contribution in [3.63, 3.8) is 0 Å². The highest BCUT2D eigenvalue weighted by Crippen LogP contribution is 2.38. The first kappa shape index (κ1) is 16.8. The Morgan fingerprint density at radius 1 is 1.40 bits per heavy atom. The van der Waals surface area contributed by atoms with Crippen LogP contribution in [-0.4, -0.2) is 47.7 Å². The molecule has 7 heteroatoms. The van der Waals surface area contributed by atoms with E-state index >= 15 is 0 Å². The first-order valence-corrected chi connectivity index (χ1v) is 10.0. The highest BCUT2D eigenvalue weighted by atomic mass is 32.1. The maximum Gasteiger partial charge on any atom is 0.260 e. The van der Waals surface area contributed by atoms with Gasteiger partial charge < -0.3 is 14.4 Å². The largest absolute Gasteiger partial charge is 0.483 e. The second kappa shape index (κ2) is 6.55. The van der Waals surface area contributed by atoms with Gasteiger partial charge in [-0.2, -0.15) is 0 Å². The van der Waals surface area contributed by atoms with Gasteiger partial charge in [0.05, 0.1) is 32.1 Å². The number of benzene rings is 1. The van der Waals surface area contributed by atoms with Crippen LogP contribution in [0, 0.1) is 6.92 Å². The number of rotatable bonds is 3. The first-order valence-electron chi connectivity index (χ1n) is 8.34. The van der Waals surface area contributed by atoms with Crippen molar-refractivity contribution in [1.82, 2.24) is 9.88 Å². The highest BCUT2D eigenvalue weighted by Gasteiger charge is 2.26. The molecule has 4 rings (SSSR count). The number of ether oxygens (including phenoxy) is 2. The van der Waals surface area contributed by atoms with Gasteiger partial charge in [-0.3, -0.25) is 4.79 Å². The zero-order valence-corrected chi connectivity index (χ0v) is 16.1. The molecular formula is C18H20N2O3S2. The van der Waals surface area contributed by atoms with Crippen molar-refractivity contribution in [1.29, 1.82) is 0 Å². The molecule has 1 aliphatic heterocycles. The number of morpholine rings is 1. The van der Waals surface area contributed by atoms with E-state index in [4.69, 9.17) is 9.47 Å². The molecule has 1 fully saturated rings. The quantitative estimate of drug-likeness (QED) is 0.697. The summed E-state index contributed by atoms with van der Waals surface area (Å²) in [5.41, 5.74) is 1.03. The lowest BCUT2D eigenvalue weighted by Crippen LogP contribution is -2.49. The van der Waals surface area contributed by atoms with E-state index in [1.807, 2.05) is 43.2 Å². The van der Waals surface area contributed by atoms with Gasteiger partial charge in [0, 0.05) is 24.5 Å². The first-order chi connectivity index (χ1) is 12.0. The Labute approximate surface area is 154 Å². The summed E-state index contributed by atoms with van der Waals surface area (Å²) < 4.78 is 13.8. The number of aryl methyl sites for hydroxylation is 1. The number of hydrogen-bond donors (Lipinski definition) is 0. The summed E-state index contributed by atoms with van der Waals surface area (Å²) in [5.74, 6) is 0.765. The highest BCUT2D eigenvalue weighted by molar-refractivity contribution is 7.21. The monoisotopic (exact) mass is 376 g/mol. The summed E-state index contributed by atoms with van der Waals surface area (Å²) in [4.78, 5) is 19.0. The molecule has 0 aliphatic carbocycles. The van der Waals surface area contributed by atoms with Crippen molar-refractivity contribution in [3.05, 3.63) is 22.5 Å². The predicted octanol–water partition coefficient (Wildman–Crippen LogP) is 3.83. The minimum atomic E-state index is 0.00552. The van der Waals surface area contributed by atoms with Crippen molar-refractivity contribution in [2.75, 3.05) is 19.7 Å². The van der Waals surface area contributed by atoms with E-state index in [1.165, 1.54) is 0 Å². The third-order valence-electron chi connectivity index (χ3n) is 4.29. The van der Waals surface area contributed by atoms with Gasteiger partial charge in [0.1, 0.15) is 5.75 Å². The lowest BCUT2D eigenvalue weighted by atomic mass is 10.2. The molecule has 2 atom stereocenters. The van der Waals surface area contributed by atoms with Crippen LogP contribution in [0.25, 0.3) is 20.3 Å². The second-order valence-corrected chi connectivity index (χ2v) is 8.61. The lowest BCUT2D eigenvalue weighted by Gasteiger charge is -2.35. The smallest absolute Gasteiger partial charge is 0.260 e. The van der Waals surface area contributed by atoms with E-state index in [-0.39, 0.29) is 24.7 Å². The SMILES string of the molecule is Cc1nc2c(cc(OCC(=O)N3CC(C)OC(C)C3)c3ccsc32)s1. The molecule has 1 aliphatic rings. The van der Waals surface area contributed by atoms with Gasteiger partial charge in [-0.1, -0.05) is 0 Å². The standard InChI is InChI=1S/C18H20N2O3S2/c1-10-7-20(8-11(2)23-10)16(21)9-22-14-6-15-17(19-12(3)25-15)18-13(14)4-5-24-18/h4-6,10-11H,7-9H2,1-3H3. The number of thiophene rings is 1. The van der Waals surface area contributed by atoms with Crippen molar-refractivity contribution in [2.45, 2.75) is 33.0 Å². The molecule has 0 bridgehead atoms. The Hall–Kier alpha value is -1.70. The van der Waals surface area contributed by atoms with Crippen LogP contribution in [0.5, 0.6) is 5.75 Å². The van der Waals surface area contributed by atoms with Crippen molar-refractivity contribution >= 4 is 48.9 Å². The fraction of sp³-hybridized carbons (Fsp3) is 0.444. The number of hydrogen-bond acceptors (Lipinski definition) is 6. The van der Waals surface area contributed by atoms with Gasteiger partial charge in [-0.15, -0.1) is 22.7 Å². The number of fused-ring (bicyclic) bond motifs is 3. The molecule has 5 nitrogen and oxygen atoms in total. The molecule has 0 saturated carbocycles. The third kappa shape index (κ3) is 3.23. The van der Waals surface area contributed by atoms with E-state index in [0.717, 1.165) is 31.1 Å². The minimum absolute atomic E-state index is 0.00552. The molecule has 2 aromatic heterocycles. The zero-order valence-electron chi connectivity index (χ0n) is 14.4. The zero-order chi connectivity index (χ0) is 17.6. The van der Waals surface area contributed by atoms with E-state index in [2.05, 4.69) is 4.98 Å². The van der Waals surface area contributed by atoms with E-state index in [9.17, 15) is 4.79 Å². The number of carbonyl (C=O) groups excluding carboxylic acids is 1. The van der Waals surface area contributed by atoms with E-state index in [0.29, 0.717) is 13.1 Å². The third-order valence-corrected chi connectivity index (χ3v) is 6.13. The van der Waals surface area contributed by atoms with Crippen molar-refractivity contribution in [2.24, 2.45) is 0 Å². The Kier molecular flexibility index (Phi) is 4.39. The normalized spacial score (nSPS) is 21.2. The van der Waals surface area contributed by atoms with Crippen LogP contribution in [0.1, 0.15) is 18.9 Å². The van der Waals surface area contributed by atoms with Crippen LogP contribution in [0.15, 0.2) is 17.5 Å². The molecule has 25 heavy (non-hydrogen) atoms. The maximum absolute atomic E-state index is 12.5. The molecular weight excluding hydrogens is 356 g/mol. The summed E-state index contributed by atoms with van der Waals surface area (Å²) >= 11 is 3.31. The molecule has 3 aromatic rings. The van der Waals surface area contributed by atoms with Crippen molar-refractivity contribution < 1.29 is 14.3 Å². The molecule has 0 N–H and O–H groups in total. The van der Waals surface area contributed by atoms with Gasteiger partial charge in [-0.25, -0.2) is 4.98 Å². The number of amides is 1. The summed E-state index contributed by atoms with van der Waals surface area (Å²) in [6.45, 7) is 7.28. The van der Waals surface area contributed by atoms with Gasteiger partial charge in [0.15, 0.2) is 6.61 Å². The molecule has 132 valence electrons. The lowest BCUT2D eigenvalue weighted by molar-refractivity contribution is -0.145. The van der Waals surface area contributed by atoms with Gasteiger partial charge in [0.25, 0.3) is 5.91 Å². The van der Waals surface area contributed by atoms with Crippen LogP contribution in [0.3, 0.4) is 0 Å². The Balaban J connectivity index is 1.56. The number of thiazole rings is 1. The molecule has 0 radical (unpaired) electrons. The number of nitrogens with zero attached hydrogens (tertiary/aromatic N) is 2. The molecule has 1 saturated heterocycles. The van der Waals surface area contributed by atoms with Crippen LogP contribution < -0.4 is 4.74 Å². The Morgan fingerprint density at radius 3 is 2.92 bits per heavy atom. The molecule has 1 aromatic carbocycles. The summed E-state index contributed by atoms with van der Waals surface area (Å²) in [6.07, 6.45) is 0.126. The van der Waals surface area contributed by atoms with Crippen LogP contribution in [0.4, 0.5) is 0 Å². The van der Waals surface area contributed by atoms with Gasteiger partial charge >= 0.3 is 0 Å². The predicted molar refractivity (Wildman–Crippen MR) is 102 cm³/mol. The average molecular weight is 377 g/mol. The van der Waals surface area contributed by atoms with Crippen LogP contribution >= 0.6 is 22.7 Å². The second-order valence-electron chi connectivity index (χ2n) is 6.46. The number of carbonyl (C=O) groups is 1. The van der Waals surface area contributed by atoms with Gasteiger partial charge in [0.2, 0.25) is 0 Å². The molecule has 3 heterocycles. The summed E-state index contributed by atoms with van der Waals surface area (Å²) in [5, 5.41) is 4.10. The molecule has 1 amide bonds. The fourth-order valence-corrected chi connectivity index (χ4v) is 5.15. The van der Waals surface area contributed by atoms with E-state index < -0.39 is 0 Å². The van der Waals surface area contributed by atoms with Gasteiger partial charge in [-0.05, 0) is 32.2 Å². The summed E-state index contributed by atoms with van der Waals surface area (Å²) in [6, 6.07) is 4.04. The average Bonchev–Trinajstić information content (AvgIpc) is 3.16. The summed E-state index contributed by atoms with van der Waals surface area (Å²) in [7, 11) is 0. The van der Waals surface area contributed by atoms with E-state index in [1.54, 1.807) is 22.7 Å². The minimum Gasteiger partial charge on any atom is -0.483 e. The molecule has 2 unspecified atom stereocenters. The number of aromatic nitrogens is 1. The Morgan fingerprint density at radius 2 is 2.16 bits per heavy atom. The van der Waals surface area contributed by atoms with Crippen molar-refractivity contribution in [3.8, 4) is 5.75 Å². The van der Waals surface area contributed by atoms with Crippen LogP contribution in [-0.2, 0) is 9.53 Å². The molecule has 0 spiro atoms. The van der Waals surface area contributed by atoms with Crippen LogP contribution in [0.2, 0.25) is 0 Å². The maximum atomic E-state index is 12.5. The Bertz CT molecular complexity index is 923. The topological polar surface area (TPSA) is 51.7 Å².